The molecular formula is C18H30Br3NO6. The smallest absolute Gasteiger partial charge is 0.322 e. The summed E-state index contributed by atoms with van der Waals surface area (Å²) in [6.45, 7) is 12.0. The van der Waals surface area contributed by atoms with Gasteiger partial charge in [-0.3, -0.25) is 19.3 Å². The molecule has 0 aliphatic heterocycles. The molecule has 164 valence electrons. The highest BCUT2D eigenvalue weighted by molar-refractivity contribution is 9.10. The molecule has 0 aromatic carbocycles. The predicted octanol–water partition coefficient (Wildman–Crippen LogP) is 3.44. The molecule has 0 rings (SSSR count). The Morgan fingerprint density at radius 3 is 1.00 bits per heavy atom. The normalized spacial score (nSPS) is 12.6. The minimum Gasteiger partial charge on any atom is -0.463 e. The first-order valence-corrected chi connectivity index (χ1v) is 11.2. The number of nitrogens with zero attached hydrogens (tertiary/aromatic N) is 1. The highest BCUT2D eigenvalue weighted by atomic mass is 79.9. The van der Waals surface area contributed by atoms with Crippen LogP contribution >= 0.6 is 47.8 Å². The Hall–Kier alpha value is -0.190. The summed E-state index contributed by atoms with van der Waals surface area (Å²) < 4.78 is 13.5. The van der Waals surface area contributed by atoms with Crippen molar-refractivity contribution in [2.75, 3.05) is 39.5 Å². The van der Waals surface area contributed by atoms with E-state index in [-0.39, 0.29) is 37.7 Å². The van der Waals surface area contributed by atoms with E-state index in [0.29, 0.717) is 19.6 Å². The van der Waals surface area contributed by atoms with Crippen molar-refractivity contribution < 1.29 is 28.6 Å². The number of alkyl halides is 3. The highest BCUT2D eigenvalue weighted by Gasteiger charge is 2.27. The van der Waals surface area contributed by atoms with Crippen LogP contribution in [-0.2, 0) is 28.6 Å². The number of esters is 3. The quantitative estimate of drug-likeness (QED) is 0.194. The molecule has 0 heterocycles. The van der Waals surface area contributed by atoms with Gasteiger partial charge in [-0.25, -0.2) is 0 Å². The van der Waals surface area contributed by atoms with Crippen molar-refractivity contribution in [3.63, 3.8) is 0 Å². The average molecular weight is 596 g/mol. The first-order valence-electron chi connectivity index (χ1n) is 8.86. The van der Waals surface area contributed by atoms with Gasteiger partial charge in [-0.15, -0.1) is 0 Å². The van der Waals surface area contributed by atoms with E-state index >= 15 is 0 Å². The molecule has 0 aliphatic carbocycles. The van der Waals surface area contributed by atoms with Crippen molar-refractivity contribution in [1.82, 2.24) is 4.90 Å². The molecule has 0 aliphatic rings. The second-order valence-electron chi connectivity index (χ2n) is 7.67. The van der Waals surface area contributed by atoms with Crippen LogP contribution in [0.3, 0.4) is 0 Å². The summed E-state index contributed by atoms with van der Waals surface area (Å²) in [6.07, 6.45) is 0. The molecule has 0 unspecified atom stereocenters. The fourth-order valence-corrected chi connectivity index (χ4v) is 2.00. The van der Waals surface area contributed by atoms with Crippen molar-refractivity contribution in [2.24, 2.45) is 0 Å². The average Bonchev–Trinajstić information content (AvgIpc) is 2.51. The molecule has 0 amide bonds. The molecule has 0 atom stereocenters. The molecule has 0 spiro atoms. The molecule has 0 N–H and O–H groups in total. The van der Waals surface area contributed by atoms with E-state index in [2.05, 4.69) is 47.8 Å². The van der Waals surface area contributed by atoms with Gasteiger partial charge in [-0.2, -0.15) is 0 Å². The molecular weight excluding hydrogens is 566 g/mol. The molecule has 0 saturated heterocycles. The molecule has 0 saturated carbocycles. The summed E-state index contributed by atoms with van der Waals surface area (Å²) in [5.41, 5.74) is 0. The topological polar surface area (TPSA) is 82.1 Å². The van der Waals surface area contributed by atoms with E-state index < -0.39 is 13.0 Å². The zero-order chi connectivity index (χ0) is 22.2. The van der Waals surface area contributed by atoms with Gasteiger partial charge in [-0.1, -0.05) is 47.8 Å². The number of ether oxygens (including phenoxy) is 3. The van der Waals surface area contributed by atoms with Gasteiger partial charge in [0.05, 0.1) is 0 Å². The van der Waals surface area contributed by atoms with Crippen molar-refractivity contribution in [3.8, 4) is 0 Å². The van der Waals surface area contributed by atoms with Crippen molar-refractivity contribution >= 4 is 65.7 Å². The van der Waals surface area contributed by atoms with Crippen LogP contribution in [0, 0.1) is 0 Å². The Kier molecular flexibility index (Phi) is 11.8. The number of hydrogen-bond acceptors (Lipinski definition) is 7. The monoisotopic (exact) mass is 593 g/mol. The van der Waals surface area contributed by atoms with Crippen LogP contribution in [0.4, 0.5) is 0 Å². The summed E-state index contributed by atoms with van der Waals surface area (Å²) in [4.78, 5) is 37.4. The van der Waals surface area contributed by atoms with Crippen molar-refractivity contribution in [2.45, 2.75) is 54.5 Å². The lowest BCUT2D eigenvalue weighted by Gasteiger charge is -2.24. The van der Waals surface area contributed by atoms with Crippen LogP contribution in [-0.4, -0.2) is 75.2 Å². The van der Waals surface area contributed by atoms with E-state index in [0.717, 1.165) is 0 Å². The van der Waals surface area contributed by atoms with Crippen molar-refractivity contribution in [1.29, 1.82) is 0 Å². The molecule has 0 radical (unpaired) electrons. The van der Waals surface area contributed by atoms with Gasteiger partial charge in [0.1, 0.15) is 32.8 Å². The van der Waals surface area contributed by atoms with Crippen LogP contribution in [0.15, 0.2) is 0 Å². The summed E-state index contributed by atoms with van der Waals surface area (Å²) in [5, 5.41) is 0. The van der Waals surface area contributed by atoms with Gasteiger partial charge in [-0.05, 0) is 41.5 Å². The highest BCUT2D eigenvalue weighted by Crippen LogP contribution is 2.19. The third kappa shape index (κ3) is 12.4. The second-order valence-corrected chi connectivity index (χ2v) is 13.6. The maximum absolute atomic E-state index is 11.8. The molecule has 0 fully saturated rings. The minimum absolute atomic E-state index is 0.170. The number of hydrogen-bond donors (Lipinski definition) is 0. The lowest BCUT2D eigenvalue weighted by atomic mass is 10.2. The first kappa shape index (κ1) is 27.8. The fraction of sp³-hybridized carbons (Fsp3) is 0.833. The van der Waals surface area contributed by atoms with Gasteiger partial charge in [0.25, 0.3) is 0 Å². The first-order chi connectivity index (χ1) is 12.5. The lowest BCUT2D eigenvalue weighted by Crippen LogP contribution is -2.38. The Morgan fingerprint density at radius 2 is 0.821 bits per heavy atom. The van der Waals surface area contributed by atoms with E-state index in [1.54, 1.807) is 41.5 Å². The zero-order valence-electron chi connectivity index (χ0n) is 17.3. The zero-order valence-corrected chi connectivity index (χ0v) is 22.0. The summed E-state index contributed by atoms with van der Waals surface area (Å²) >= 11 is 9.76. The van der Waals surface area contributed by atoms with Crippen LogP contribution in [0.5, 0.6) is 0 Å². The van der Waals surface area contributed by atoms with Gasteiger partial charge < -0.3 is 14.2 Å². The second kappa shape index (κ2) is 11.9. The number of carbonyl (C=O) groups is 3. The molecule has 0 aromatic rings. The van der Waals surface area contributed by atoms with Crippen LogP contribution in [0.25, 0.3) is 0 Å². The van der Waals surface area contributed by atoms with Crippen LogP contribution in [0.2, 0.25) is 0 Å². The van der Waals surface area contributed by atoms with E-state index in [1.165, 1.54) is 0 Å². The Morgan fingerprint density at radius 1 is 0.607 bits per heavy atom. The summed E-state index contributed by atoms with van der Waals surface area (Å²) in [5.74, 6) is -1.10. The van der Waals surface area contributed by atoms with Gasteiger partial charge in [0.2, 0.25) is 0 Å². The molecule has 7 nitrogen and oxygen atoms in total. The largest absolute Gasteiger partial charge is 0.463 e. The maximum Gasteiger partial charge on any atom is 0.322 e. The molecule has 0 bridgehead atoms. The van der Waals surface area contributed by atoms with Crippen molar-refractivity contribution in [3.05, 3.63) is 0 Å². The minimum atomic E-state index is -0.758. The fourth-order valence-electron chi connectivity index (χ4n) is 1.65. The Labute approximate surface area is 192 Å². The maximum atomic E-state index is 11.8. The number of rotatable bonds is 12. The Balaban J connectivity index is 4.58. The standard InChI is InChI=1S/C18H30Br3NO6/c1-16(2,19)13(23)26-10-7-22(8-11-27-14(24)17(3,4)20)9-12-28-15(25)18(5,6)21/h7-12H2,1-6H3. The van der Waals surface area contributed by atoms with Crippen LogP contribution in [0.1, 0.15) is 41.5 Å². The van der Waals surface area contributed by atoms with E-state index in [4.69, 9.17) is 14.2 Å². The SMILES string of the molecule is CC(C)(Br)C(=O)OCCN(CCOC(=O)C(C)(C)Br)CCOC(=O)C(C)(C)Br. The number of halogens is 3. The van der Waals surface area contributed by atoms with E-state index in [9.17, 15) is 14.4 Å². The molecule has 0 aromatic heterocycles. The summed E-state index contributed by atoms with van der Waals surface area (Å²) in [7, 11) is 0. The lowest BCUT2D eigenvalue weighted by molar-refractivity contribution is -0.146. The van der Waals surface area contributed by atoms with Crippen LogP contribution < -0.4 is 0 Å². The summed E-state index contributed by atoms with van der Waals surface area (Å²) in [6, 6.07) is 0. The van der Waals surface area contributed by atoms with Gasteiger partial charge in [0, 0.05) is 19.6 Å². The van der Waals surface area contributed by atoms with Gasteiger partial charge >= 0.3 is 17.9 Å². The molecule has 28 heavy (non-hydrogen) atoms. The third-order valence-electron chi connectivity index (χ3n) is 3.38. The third-order valence-corrected chi connectivity index (χ3v) is 4.35. The van der Waals surface area contributed by atoms with E-state index in [1.807, 2.05) is 4.90 Å². The molecule has 10 heteroatoms. The Bertz CT molecular complexity index is 459. The predicted molar refractivity (Wildman–Crippen MR) is 118 cm³/mol. The van der Waals surface area contributed by atoms with Gasteiger partial charge in [0.15, 0.2) is 0 Å². The number of carbonyl (C=O) groups excluding carboxylic acids is 3.